The molecule has 3 rings (SSSR count). The third-order valence-corrected chi connectivity index (χ3v) is 3.80. The van der Waals surface area contributed by atoms with Crippen molar-refractivity contribution in [3.05, 3.63) is 48.4 Å². The Morgan fingerprint density at radius 2 is 2.17 bits per heavy atom. The van der Waals surface area contributed by atoms with Crippen LogP contribution in [0.15, 0.2) is 52.2 Å². The van der Waals surface area contributed by atoms with Crippen molar-refractivity contribution in [1.82, 2.24) is 15.8 Å². The fraction of sp³-hybridized carbons (Fsp3) is 0.375. The molecule has 0 spiro atoms. The number of hydrogen-bond acceptors (Lipinski definition) is 4. The number of hydrogen-bond donors (Lipinski definition) is 2. The van der Waals surface area contributed by atoms with Crippen LogP contribution in [0.3, 0.4) is 0 Å². The minimum absolute atomic E-state index is 0. The molecular weight excluding hydrogens is 405 g/mol. The van der Waals surface area contributed by atoms with Crippen molar-refractivity contribution < 1.29 is 4.52 Å². The van der Waals surface area contributed by atoms with E-state index in [2.05, 4.69) is 49.9 Å². The molecule has 0 saturated carbocycles. The predicted molar refractivity (Wildman–Crippen MR) is 102 cm³/mol. The van der Waals surface area contributed by atoms with E-state index >= 15 is 0 Å². The third-order valence-electron chi connectivity index (χ3n) is 3.80. The summed E-state index contributed by atoms with van der Waals surface area (Å²) in [6.45, 7) is 2.64. The highest BCUT2D eigenvalue weighted by atomic mass is 127. The zero-order valence-corrected chi connectivity index (χ0v) is 15.4. The van der Waals surface area contributed by atoms with Crippen molar-refractivity contribution in [2.45, 2.75) is 19.0 Å². The first-order chi connectivity index (χ1) is 10.8. The van der Waals surface area contributed by atoms with Crippen LogP contribution < -0.4 is 15.5 Å². The lowest BCUT2D eigenvalue weighted by Gasteiger charge is -2.20. The standard InChI is InChI=1S/C16H21N5O.HI/c1-17-16(18-11-13-8-10-22-20-13)19-14-7-9-21(12-14)15-5-3-2-4-6-15;/h2-6,8,10,14H,7,9,11-12H2,1H3,(H2,17,18,19);1H. The van der Waals surface area contributed by atoms with Gasteiger partial charge in [-0.1, -0.05) is 23.4 Å². The highest BCUT2D eigenvalue weighted by Crippen LogP contribution is 2.19. The SMILES string of the molecule is CN=C(NCc1ccon1)NC1CCN(c2ccccc2)C1.I. The number of aromatic nitrogens is 1. The smallest absolute Gasteiger partial charge is 0.191 e. The van der Waals surface area contributed by atoms with E-state index in [-0.39, 0.29) is 24.0 Å². The van der Waals surface area contributed by atoms with Gasteiger partial charge >= 0.3 is 0 Å². The Bertz CT molecular complexity index is 602. The van der Waals surface area contributed by atoms with Gasteiger partial charge < -0.3 is 20.1 Å². The Hall–Kier alpha value is -1.77. The van der Waals surface area contributed by atoms with Crippen LogP contribution in [0.4, 0.5) is 5.69 Å². The number of aliphatic imine (C=N–C) groups is 1. The quantitative estimate of drug-likeness (QED) is 0.445. The number of para-hydroxylation sites is 1. The minimum Gasteiger partial charge on any atom is -0.369 e. The lowest BCUT2D eigenvalue weighted by molar-refractivity contribution is 0.410. The summed E-state index contributed by atoms with van der Waals surface area (Å²) in [6.07, 6.45) is 2.67. The molecule has 2 heterocycles. The zero-order chi connectivity index (χ0) is 15.2. The molecule has 124 valence electrons. The molecule has 0 bridgehead atoms. The summed E-state index contributed by atoms with van der Waals surface area (Å²) in [5, 5.41) is 10.6. The summed E-state index contributed by atoms with van der Waals surface area (Å²) in [7, 11) is 1.78. The van der Waals surface area contributed by atoms with Crippen LogP contribution in [0.1, 0.15) is 12.1 Å². The fourth-order valence-electron chi connectivity index (χ4n) is 2.64. The molecular formula is C16H22IN5O. The van der Waals surface area contributed by atoms with Crippen LogP contribution >= 0.6 is 24.0 Å². The van der Waals surface area contributed by atoms with Gasteiger partial charge in [-0.05, 0) is 18.6 Å². The van der Waals surface area contributed by atoms with Crippen molar-refractivity contribution in [3.63, 3.8) is 0 Å². The van der Waals surface area contributed by atoms with Crippen LogP contribution in [0.2, 0.25) is 0 Å². The average Bonchev–Trinajstić information content (AvgIpc) is 3.24. The van der Waals surface area contributed by atoms with Crippen LogP contribution in [-0.2, 0) is 6.54 Å². The van der Waals surface area contributed by atoms with Gasteiger partial charge in [0, 0.05) is 37.9 Å². The van der Waals surface area contributed by atoms with Gasteiger partial charge in [-0.3, -0.25) is 4.99 Å². The summed E-state index contributed by atoms with van der Waals surface area (Å²) in [4.78, 5) is 6.66. The second-order valence-electron chi connectivity index (χ2n) is 5.33. The van der Waals surface area contributed by atoms with E-state index in [1.807, 2.05) is 12.1 Å². The number of halogens is 1. The lowest BCUT2D eigenvalue weighted by Crippen LogP contribution is -2.44. The second-order valence-corrected chi connectivity index (χ2v) is 5.33. The molecule has 0 amide bonds. The maximum atomic E-state index is 4.82. The van der Waals surface area contributed by atoms with Crippen LogP contribution in [0, 0.1) is 0 Å². The van der Waals surface area contributed by atoms with Crippen LogP contribution in [-0.4, -0.2) is 37.3 Å². The normalized spacial score (nSPS) is 17.7. The largest absolute Gasteiger partial charge is 0.369 e. The summed E-state index contributed by atoms with van der Waals surface area (Å²) < 4.78 is 4.82. The lowest BCUT2D eigenvalue weighted by atomic mass is 10.3. The topological polar surface area (TPSA) is 65.7 Å². The molecule has 1 aliphatic rings. The van der Waals surface area contributed by atoms with Gasteiger partial charge in [0.05, 0.1) is 6.54 Å². The molecule has 0 radical (unpaired) electrons. The molecule has 2 aromatic rings. The van der Waals surface area contributed by atoms with Crippen molar-refractivity contribution >= 4 is 35.6 Å². The number of guanidine groups is 1. The van der Waals surface area contributed by atoms with Gasteiger partial charge in [0.1, 0.15) is 12.0 Å². The first-order valence-corrected chi connectivity index (χ1v) is 7.51. The summed E-state index contributed by atoms with van der Waals surface area (Å²) in [5.74, 6) is 0.794. The second kappa shape index (κ2) is 8.76. The van der Waals surface area contributed by atoms with Gasteiger partial charge in [-0.25, -0.2) is 0 Å². The number of nitrogens with zero attached hydrogens (tertiary/aromatic N) is 3. The Labute approximate surface area is 153 Å². The highest BCUT2D eigenvalue weighted by molar-refractivity contribution is 14.0. The predicted octanol–water partition coefficient (Wildman–Crippen LogP) is 2.24. The van der Waals surface area contributed by atoms with Crippen molar-refractivity contribution in [2.75, 3.05) is 25.0 Å². The van der Waals surface area contributed by atoms with E-state index < -0.39 is 0 Å². The molecule has 1 atom stereocenters. The number of anilines is 1. The molecule has 1 aromatic carbocycles. The van der Waals surface area contributed by atoms with Crippen molar-refractivity contribution in [2.24, 2.45) is 4.99 Å². The molecule has 23 heavy (non-hydrogen) atoms. The number of nitrogens with one attached hydrogen (secondary N) is 2. The molecule has 7 heteroatoms. The molecule has 6 nitrogen and oxygen atoms in total. The number of benzene rings is 1. The monoisotopic (exact) mass is 427 g/mol. The van der Waals surface area contributed by atoms with E-state index in [0.29, 0.717) is 12.6 Å². The average molecular weight is 427 g/mol. The molecule has 1 fully saturated rings. The van der Waals surface area contributed by atoms with Gasteiger partial charge in [0.25, 0.3) is 0 Å². The summed E-state index contributed by atoms with van der Waals surface area (Å²) in [6, 6.07) is 12.7. The Morgan fingerprint density at radius 3 is 2.87 bits per heavy atom. The van der Waals surface area contributed by atoms with E-state index in [4.69, 9.17) is 4.52 Å². The first kappa shape index (κ1) is 17.6. The molecule has 1 aliphatic heterocycles. The number of rotatable bonds is 4. The van der Waals surface area contributed by atoms with Crippen molar-refractivity contribution in [3.8, 4) is 0 Å². The summed E-state index contributed by atoms with van der Waals surface area (Å²) >= 11 is 0. The zero-order valence-electron chi connectivity index (χ0n) is 13.1. The molecule has 1 saturated heterocycles. The van der Waals surface area contributed by atoms with E-state index in [0.717, 1.165) is 31.2 Å². The van der Waals surface area contributed by atoms with E-state index in [1.165, 1.54) is 5.69 Å². The summed E-state index contributed by atoms with van der Waals surface area (Å²) in [5.41, 5.74) is 2.14. The van der Waals surface area contributed by atoms with Crippen LogP contribution in [0.5, 0.6) is 0 Å². The Morgan fingerprint density at radius 1 is 1.35 bits per heavy atom. The Balaban J connectivity index is 0.00000192. The highest BCUT2D eigenvalue weighted by Gasteiger charge is 2.23. The molecule has 1 aromatic heterocycles. The molecule has 1 unspecified atom stereocenters. The Kier molecular flexibility index (Phi) is 6.69. The molecule has 2 N–H and O–H groups in total. The third kappa shape index (κ3) is 4.85. The van der Waals surface area contributed by atoms with Gasteiger partial charge in [0.15, 0.2) is 5.96 Å². The van der Waals surface area contributed by atoms with Crippen LogP contribution in [0.25, 0.3) is 0 Å². The van der Waals surface area contributed by atoms with Gasteiger partial charge in [0.2, 0.25) is 0 Å². The minimum atomic E-state index is 0. The maximum absolute atomic E-state index is 4.82. The fourth-order valence-corrected chi connectivity index (χ4v) is 2.64. The van der Waals surface area contributed by atoms with E-state index in [9.17, 15) is 0 Å². The van der Waals surface area contributed by atoms with Crippen molar-refractivity contribution in [1.29, 1.82) is 0 Å². The first-order valence-electron chi connectivity index (χ1n) is 7.51. The van der Waals surface area contributed by atoms with E-state index in [1.54, 1.807) is 13.3 Å². The van der Waals surface area contributed by atoms with Gasteiger partial charge in [-0.2, -0.15) is 0 Å². The maximum Gasteiger partial charge on any atom is 0.191 e. The van der Waals surface area contributed by atoms with Gasteiger partial charge in [-0.15, -0.1) is 24.0 Å². The molecule has 0 aliphatic carbocycles.